The monoisotopic (exact) mass is 547 g/mol. The number of benzene rings is 2. The Bertz CT molecular complexity index is 1190. The number of carbonyl (C=O) groups is 1. The molecule has 7 nitrogen and oxygen atoms in total. The van der Waals surface area contributed by atoms with Gasteiger partial charge >= 0.3 is 0 Å². The molecular formula is C24H26IN3O4. The molecule has 32 heavy (non-hydrogen) atoms. The zero-order valence-corrected chi connectivity index (χ0v) is 20.6. The second kappa shape index (κ2) is 9.72. The van der Waals surface area contributed by atoms with E-state index in [2.05, 4.69) is 5.32 Å². The van der Waals surface area contributed by atoms with Gasteiger partial charge in [-0.25, -0.2) is 0 Å². The summed E-state index contributed by atoms with van der Waals surface area (Å²) in [4.78, 5) is 39.1. The number of anilines is 3. The van der Waals surface area contributed by atoms with Crippen molar-refractivity contribution in [1.82, 2.24) is 4.90 Å². The molecule has 0 spiro atoms. The topological polar surface area (TPSA) is 89.9 Å². The van der Waals surface area contributed by atoms with Crippen molar-refractivity contribution >= 4 is 45.8 Å². The number of phenolic OH excluding ortho intramolecular Hbond substituents is 1. The van der Waals surface area contributed by atoms with Crippen molar-refractivity contribution in [3.8, 4) is 5.75 Å². The number of halogens is 1. The molecule has 3 rings (SSSR count). The van der Waals surface area contributed by atoms with E-state index >= 15 is 0 Å². The Hall–Kier alpha value is -2.88. The summed E-state index contributed by atoms with van der Waals surface area (Å²) in [6.45, 7) is 5.76. The molecule has 8 heteroatoms. The van der Waals surface area contributed by atoms with Crippen LogP contribution < -0.4 is 19.3 Å². The van der Waals surface area contributed by atoms with Crippen LogP contribution in [0.25, 0.3) is 0 Å². The summed E-state index contributed by atoms with van der Waals surface area (Å²) in [6, 6.07) is 14.3. The van der Waals surface area contributed by atoms with Crippen LogP contribution in [0.5, 0.6) is 5.75 Å². The summed E-state index contributed by atoms with van der Waals surface area (Å²) in [5, 5.41) is 13.6. The van der Waals surface area contributed by atoms with Crippen molar-refractivity contribution in [3.05, 3.63) is 80.1 Å². The maximum absolute atomic E-state index is 12.7. The summed E-state index contributed by atoms with van der Waals surface area (Å²) < 4.78 is 1.76. The highest BCUT2D eigenvalue weighted by molar-refractivity contribution is 14.1. The average Bonchev–Trinajstić information content (AvgIpc) is 2.79. The molecule has 0 aliphatic carbocycles. The SMILES string of the molecule is CC[C@H](c1ccccc1)N(I)c1c(Nc2cccc(C(=O)N(C)C(C)C)c2O)c(=O)c1=O. The standard InChI is InChI=1S/C24H26IN3O4/c1-5-18(15-10-7-6-8-11-15)28(25)20-19(22(30)23(20)31)26-17-13-9-12-16(21(17)29)24(32)27(4)14(2)3/h6-14,18,26,29H,5H2,1-4H3/t18-/m1/s1. The van der Waals surface area contributed by atoms with E-state index < -0.39 is 10.9 Å². The van der Waals surface area contributed by atoms with Crippen molar-refractivity contribution in [2.75, 3.05) is 15.5 Å². The predicted octanol–water partition coefficient (Wildman–Crippen LogP) is 4.52. The van der Waals surface area contributed by atoms with E-state index in [1.165, 1.54) is 11.0 Å². The van der Waals surface area contributed by atoms with Gasteiger partial charge in [-0.15, -0.1) is 0 Å². The maximum Gasteiger partial charge on any atom is 0.257 e. The van der Waals surface area contributed by atoms with Gasteiger partial charge in [0, 0.05) is 13.1 Å². The highest BCUT2D eigenvalue weighted by atomic mass is 127. The third-order valence-electron chi connectivity index (χ3n) is 5.56. The Morgan fingerprint density at radius 1 is 1.06 bits per heavy atom. The lowest BCUT2D eigenvalue weighted by Crippen LogP contribution is -2.39. The lowest BCUT2D eigenvalue weighted by Gasteiger charge is -2.29. The Morgan fingerprint density at radius 2 is 1.72 bits per heavy atom. The van der Waals surface area contributed by atoms with Crippen LogP contribution in [0.2, 0.25) is 0 Å². The van der Waals surface area contributed by atoms with Crippen molar-refractivity contribution < 1.29 is 9.90 Å². The summed E-state index contributed by atoms with van der Waals surface area (Å²) in [6.07, 6.45) is 0.724. The van der Waals surface area contributed by atoms with Crippen LogP contribution in [0.3, 0.4) is 0 Å². The highest BCUT2D eigenvalue weighted by Gasteiger charge is 2.30. The molecule has 1 amide bonds. The van der Waals surface area contributed by atoms with E-state index in [0.29, 0.717) is 0 Å². The molecule has 0 unspecified atom stereocenters. The van der Waals surface area contributed by atoms with Crippen LogP contribution in [-0.2, 0) is 0 Å². The van der Waals surface area contributed by atoms with Gasteiger partial charge in [-0.1, -0.05) is 43.3 Å². The van der Waals surface area contributed by atoms with E-state index in [-0.39, 0.29) is 46.4 Å². The molecular weight excluding hydrogens is 521 g/mol. The number of rotatable bonds is 8. The van der Waals surface area contributed by atoms with E-state index in [9.17, 15) is 19.5 Å². The van der Waals surface area contributed by atoms with Gasteiger partial charge in [-0.05, 0) is 38.0 Å². The Labute approximate surface area is 200 Å². The summed E-state index contributed by atoms with van der Waals surface area (Å²) in [5.74, 6) is -0.601. The first kappa shape index (κ1) is 23.8. The number of aromatic hydroxyl groups is 1. The summed E-state index contributed by atoms with van der Waals surface area (Å²) in [5.41, 5.74) is 0.461. The third kappa shape index (κ3) is 4.36. The minimum atomic E-state index is -0.653. The number of hydrogen-bond acceptors (Lipinski definition) is 6. The number of carbonyl (C=O) groups excluding carboxylic acids is 1. The Balaban J connectivity index is 1.95. The maximum atomic E-state index is 12.7. The van der Waals surface area contributed by atoms with Gasteiger partial charge in [0.1, 0.15) is 11.4 Å². The molecule has 0 aliphatic rings. The normalized spacial score (nSPS) is 12.1. The molecule has 0 aromatic heterocycles. The molecule has 1 atom stereocenters. The van der Waals surface area contributed by atoms with Crippen LogP contribution in [0, 0.1) is 0 Å². The first-order chi connectivity index (χ1) is 15.2. The molecule has 0 bridgehead atoms. The largest absolute Gasteiger partial charge is 0.505 e. The number of nitrogens with one attached hydrogen (secondary N) is 1. The van der Waals surface area contributed by atoms with Gasteiger partial charge in [0.25, 0.3) is 16.8 Å². The predicted molar refractivity (Wildman–Crippen MR) is 136 cm³/mol. The summed E-state index contributed by atoms with van der Waals surface area (Å²) in [7, 11) is 1.66. The van der Waals surface area contributed by atoms with E-state index in [1.54, 1.807) is 22.3 Å². The highest BCUT2D eigenvalue weighted by Crippen LogP contribution is 2.38. The van der Waals surface area contributed by atoms with Crippen molar-refractivity contribution in [2.45, 2.75) is 39.3 Å². The van der Waals surface area contributed by atoms with Gasteiger partial charge in [-0.2, -0.15) is 0 Å². The number of nitrogens with zero attached hydrogens (tertiary/aromatic N) is 2. The molecule has 0 heterocycles. The molecule has 0 radical (unpaired) electrons. The first-order valence-corrected chi connectivity index (χ1v) is 11.3. The molecule has 3 aromatic rings. The van der Waals surface area contributed by atoms with Crippen molar-refractivity contribution in [3.63, 3.8) is 0 Å². The second-order valence-corrected chi connectivity index (χ2v) is 8.90. The molecule has 2 N–H and O–H groups in total. The van der Waals surface area contributed by atoms with E-state index in [0.717, 1.165) is 12.0 Å². The minimum Gasteiger partial charge on any atom is -0.505 e. The fourth-order valence-electron chi connectivity index (χ4n) is 3.43. The average molecular weight is 547 g/mol. The Morgan fingerprint density at radius 3 is 2.31 bits per heavy atom. The molecule has 0 aliphatic heterocycles. The zero-order chi connectivity index (χ0) is 23.6. The number of para-hydroxylation sites is 1. The number of phenols is 1. The molecule has 0 saturated heterocycles. The van der Waals surface area contributed by atoms with Gasteiger partial charge in [0.15, 0.2) is 5.75 Å². The van der Waals surface area contributed by atoms with Crippen LogP contribution >= 0.6 is 22.9 Å². The van der Waals surface area contributed by atoms with Gasteiger partial charge in [0.2, 0.25) is 0 Å². The quantitative estimate of drug-likeness (QED) is 0.187. The third-order valence-corrected chi connectivity index (χ3v) is 6.72. The van der Waals surface area contributed by atoms with Crippen molar-refractivity contribution in [1.29, 1.82) is 0 Å². The van der Waals surface area contributed by atoms with E-state index in [4.69, 9.17) is 0 Å². The summed E-state index contributed by atoms with van der Waals surface area (Å²) >= 11 is 2.05. The molecule has 3 aromatic carbocycles. The molecule has 168 valence electrons. The lowest BCUT2D eigenvalue weighted by atomic mass is 10.0. The van der Waals surface area contributed by atoms with E-state index in [1.807, 2.05) is 74.0 Å². The van der Waals surface area contributed by atoms with Crippen molar-refractivity contribution in [2.24, 2.45) is 0 Å². The van der Waals surface area contributed by atoms with Crippen LogP contribution in [0.15, 0.2) is 58.1 Å². The minimum absolute atomic E-state index is 0.0461. The van der Waals surface area contributed by atoms with Crippen LogP contribution in [0.4, 0.5) is 17.1 Å². The Kier molecular flexibility index (Phi) is 7.22. The lowest BCUT2D eigenvalue weighted by molar-refractivity contribution is 0.0752. The number of amides is 1. The second-order valence-electron chi connectivity index (χ2n) is 7.86. The van der Waals surface area contributed by atoms with Crippen LogP contribution in [-0.4, -0.2) is 29.0 Å². The molecule has 0 saturated carbocycles. The van der Waals surface area contributed by atoms with Gasteiger partial charge in [0.05, 0.1) is 40.2 Å². The fraction of sp³-hybridized carbons (Fsp3) is 0.292. The van der Waals surface area contributed by atoms with Gasteiger partial charge < -0.3 is 18.4 Å². The first-order valence-electron chi connectivity index (χ1n) is 10.4. The fourth-order valence-corrected chi connectivity index (χ4v) is 4.61. The molecule has 0 fully saturated rings. The zero-order valence-electron chi connectivity index (χ0n) is 18.4. The number of hydrogen-bond donors (Lipinski definition) is 2. The van der Waals surface area contributed by atoms with Gasteiger partial charge in [-0.3, -0.25) is 14.4 Å². The smallest absolute Gasteiger partial charge is 0.257 e. The van der Waals surface area contributed by atoms with Crippen LogP contribution in [0.1, 0.15) is 49.2 Å².